The van der Waals surface area contributed by atoms with Crippen LogP contribution in [0.4, 0.5) is 8.78 Å². The SMILES string of the molecule is O=C(c1ccnc(F)c1)N1CCC[C@H](c2noc(-c3ccc(F)cc3)n2)C1. The largest absolute Gasteiger partial charge is 0.338 e. The minimum Gasteiger partial charge on any atom is -0.338 e. The molecule has 0 spiro atoms. The summed E-state index contributed by atoms with van der Waals surface area (Å²) in [5.41, 5.74) is 0.898. The number of nitrogens with zero attached hydrogens (tertiary/aromatic N) is 4. The fraction of sp³-hybridized carbons (Fsp3) is 0.263. The third-order valence-electron chi connectivity index (χ3n) is 4.58. The van der Waals surface area contributed by atoms with Gasteiger partial charge in [0.15, 0.2) is 5.82 Å². The first-order chi connectivity index (χ1) is 13.1. The molecule has 0 unspecified atom stereocenters. The van der Waals surface area contributed by atoms with E-state index in [2.05, 4.69) is 15.1 Å². The average Bonchev–Trinajstić information content (AvgIpc) is 3.18. The number of piperidine rings is 1. The molecule has 138 valence electrons. The highest BCUT2D eigenvalue weighted by Gasteiger charge is 2.29. The summed E-state index contributed by atoms with van der Waals surface area (Å²) in [6.07, 6.45) is 2.87. The second-order valence-corrected chi connectivity index (χ2v) is 6.42. The van der Waals surface area contributed by atoms with Gasteiger partial charge in [0.1, 0.15) is 5.82 Å². The highest BCUT2D eigenvalue weighted by molar-refractivity contribution is 5.94. The summed E-state index contributed by atoms with van der Waals surface area (Å²) in [6, 6.07) is 8.42. The number of hydrogen-bond donors (Lipinski definition) is 0. The molecule has 3 aromatic rings. The quantitative estimate of drug-likeness (QED) is 0.661. The van der Waals surface area contributed by atoms with Crippen LogP contribution in [0.1, 0.15) is 34.9 Å². The molecule has 1 aromatic carbocycles. The van der Waals surface area contributed by atoms with Gasteiger partial charge in [0, 0.05) is 42.4 Å². The van der Waals surface area contributed by atoms with Gasteiger partial charge in [-0.3, -0.25) is 4.79 Å². The molecule has 1 aliphatic rings. The molecule has 3 heterocycles. The van der Waals surface area contributed by atoms with Gasteiger partial charge in [-0.15, -0.1) is 0 Å². The number of carbonyl (C=O) groups is 1. The van der Waals surface area contributed by atoms with Crippen molar-refractivity contribution in [1.82, 2.24) is 20.0 Å². The second kappa shape index (κ2) is 7.22. The molecule has 8 heteroatoms. The van der Waals surface area contributed by atoms with Crippen molar-refractivity contribution >= 4 is 5.91 Å². The van der Waals surface area contributed by atoms with Crippen molar-refractivity contribution in [3.8, 4) is 11.5 Å². The summed E-state index contributed by atoms with van der Waals surface area (Å²) in [5, 5.41) is 4.03. The van der Waals surface area contributed by atoms with Gasteiger partial charge in [-0.1, -0.05) is 5.16 Å². The maximum Gasteiger partial charge on any atom is 0.257 e. The lowest BCUT2D eigenvalue weighted by Crippen LogP contribution is -2.39. The summed E-state index contributed by atoms with van der Waals surface area (Å²) < 4.78 is 31.6. The lowest BCUT2D eigenvalue weighted by Gasteiger charge is -2.31. The monoisotopic (exact) mass is 370 g/mol. The van der Waals surface area contributed by atoms with Crippen molar-refractivity contribution < 1.29 is 18.1 Å². The van der Waals surface area contributed by atoms with E-state index in [4.69, 9.17) is 4.52 Å². The number of aromatic nitrogens is 3. The molecule has 6 nitrogen and oxygen atoms in total. The average molecular weight is 370 g/mol. The van der Waals surface area contributed by atoms with E-state index in [0.29, 0.717) is 30.4 Å². The number of benzene rings is 1. The van der Waals surface area contributed by atoms with Crippen molar-refractivity contribution in [3.05, 3.63) is 65.7 Å². The zero-order valence-electron chi connectivity index (χ0n) is 14.3. The Balaban J connectivity index is 1.50. The summed E-state index contributed by atoms with van der Waals surface area (Å²) in [6.45, 7) is 1.01. The van der Waals surface area contributed by atoms with E-state index in [-0.39, 0.29) is 23.2 Å². The standard InChI is InChI=1S/C19H16F2N4O2/c20-15-5-3-12(4-6-15)18-23-17(24-27-18)14-2-1-9-25(11-14)19(26)13-7-8-22-16(21)10-13/h3-8,10,14H,1-2,9,11H2/t14-/m0/s1. The number of carbonyl (C=O) groups excluding carboxylic acids is 1. The third kappa shape index (κ3) is 3.69. The first-order valence-electron chi connectivity index (χ1n) is 8.60. The zero-order valence-corrected chi connectivity index (χ0v) is 14.3. The van der Waals surface area contributed by atoms with Gasteiger partial charge >= 0.3 is 0 Å². The predicted octanol–water partition coefficient (Wildman–Crippen LogP) is 3.43. The molecular weight excluding hydrogens is 354 g/mol. The van der Waals surface area contributed by atoms with Gasteiger partial charge in [-0.2, -0.15) is 9.37 Å². The van der Waals surface area contributed by atoms with Gasteiger partial charge in [0.2, 0.25) is 5.95 Å². The minimum atomic E-state index is -0.684. The Morgan fingerprint density at radius 2 is 2.00 bits per heavy atom. The molecule has 0 saturated carbocycles. The number of rotatable bonds is 3. The summed E-state index contributed by atoms with van der Waals surface area (Å²) in [4.78, 5) is 22.2. The van der Waals surface area contributed by atoms with Crippen LogP contribution in [0.3, 0.4) is 0 Å². The lowest BCUT2D eigenvalue weighted by molar-refractivity contribution is 0.0703. The zero-order chi connectivity index (χ0) is 18.8. The van der Waals surface area contributed by atoms with Crippen LogP contribution in [0.5, 0.6) is 0 Å². The number of likely N-dealkylation sites (tertiary alicyclic amines) is 1. The van der Waals surface area contributed by atoms with Crippen LogP contribution in [-0.4, -0.2) is 39.0 Å². The second-order valence-electron chi connectivity index (χ2n) is 6.42. The minimum absolute atomic E-state index is 0.0765. The Morgan fingerprint density at radius 1 is 1.19 bits per heavy atom. The lowest BCUT2D eigenvalue weighted by atomic mass is 9.97. The molecule has 0 N–H and O–H groups in total. The maximum atomic E-state index is 13.3. The van der Waals surface area contributed by atoms with Gasteiger partial charge in [-0.05, 0) is 43.2 Å². The third-order valence-corrected chi connectivity index (χ3v) is 4.58. The van der Waals surface area contributed by atoms with E-state index in [1.54, 1.807) is 17.0 Å². The summed E-state index contributed by atoms with van der Waals surface area (Å²) in [5.74, 6) is -0.531. The van der Waals surface area contributed by atoms with E-state index in [1.165, 1.54) is 24.4 Å². The van der Waals surface area contributed by atoms with Gasteiger partial charge in [-0.25, -0.2) is 9.37 Å². The Labute approximate surface area is 153 Å². The molecule has 0 radical (unpaired) electrons. The van der Waals surface area contributed by atoms with Crippen molar-refractivity contribution in [3.63, 3.8) is 0 Å². The van der Waals surface area contributed by atoms with Crippen LogP contribution in [0.15, 0.2) is 47.1 Å². The fourth-order valence-corrected chi connectivity index (χ4v) is 3.20. The van der Waals surface area contributed by atoms with E-state index < -0.39 is 5.95 Å². The van der Waals surface area contributed by atoms with Crippen LogP contribution in [-0.2, 0) is 0 Å². The topological polar surface area (TPSA) is 72.1 Å². The van der Waals surface area contributed by atoms with Crippen LogP contribution in [0.25, 0.3) is 11.5 Å². The maximum absolute atomic E-state index is 13.3. The van der Waals surface area contributed by atoms with Crippen molar-refractivity contribution in [2.75, 3.05) is 13.1 Å². The molecule has 1 aliphatic heterocycles. The summed E-state index contributed by atoms with van der Waals surface area (Å²) >= 11 is 0. The number of halogens is 2. The Hall–Kier alpha value is -3.16. The number of amides is 1. The Bertz CT molecular complexity index is 958. The van der Waals surface area contributed by atoms with Gasteiger partial charge in [0.25, 0.3) is 11.8 Å². The Morgan fingerprint density at radius 3 is 2.78 bits per heavy atom. The van der Waals surface area contributed by atoms with Crippen molar-refractivity contribution in [2.24, 2.45) is 0 Å². The van der Waals surface area contributed by atoms with Gasteiger partial charge < -0.3 is 9.42 Å². The molecule has 27 heavy (non-hydrogen) atoms. The molecule has 0 bridgehead atoms. The molecule has 2 aromatic heterocycles. The van der Waals surface area contributed by atoms with Crippen molar-refractivity contribution in [2.45, 2.75) is 18.8 Å². The molecule has 1 atom stereocenters. The predicted molar refractivity (Wildman–Crippen MR) is 91.8 cm³/mol. The molecular formula is C19H16F2N4O2. The molecule has 1 amide bonds. The van der Waals surface area contributed by atoms with Crippen LogP contribution in [0.2, 0.25) is 0 Å². The molecule has 1 fully saturated rings. The highest BCUT2D eigenvalue weighted by Crippen LogP contribution is 2.28. The fourth-order valence-electron chi connectivity index (χ4n) is 3.20. The summed E-state index contributed by atoms with van der Waals surface area (Å²) in [7, 11) is 0. The van der Waals surface area contributed by atoms with Gasteiger partial charge in [0.05, 0.1) is 0 Å². The van der Waals surface area contributed by atoms with Crippen LogP contribution in [0, 0.1) is 11.8 Å². The molecule has 4 rings (SSSR count). The smallest absolute Gasteiger partial charge is 0.257 e. The number of pyridine rings is 1. The van der Waals surface area contributed by atoms with E-state index in [0.717, 1.165) is 18.9 Å². The first kappa shape index (κ1) is 17.3. The highest BCUT2D eigenvalue weighted by atomic mass is 19.1. The van der Waals surface area contributed by atoms with E-state index >= 15 is 0 Å². The Kier molecular flexibility index (Phi) is 4.62. The number of hydrogen-bond acceptors (Lipinski definition) is 5. The van der Waals surface area contributed by atoms with Crippen molar-refractivity contribution in [1.29, 1.82) is 0 Å². The van der Waals surface area contributed by atoms with Crippen LogP contribution >= 0.6 is 0 Å². The van der Waals surface area contributed by atoms with Crippen LogP contribution < -0.4 is 0 Å². The van der Waals surface area contributed by atoms with E-state index in [1.807, 2.05) is 0 Å². The molecule has 0 aliphatic carbocycles. The normalized spacial score (nSPS) is 17.1. The van der Waals surface area contributed by atoms with E-state index in [9.17, 15) is 13.6 Å². The first-order valence-corrected chi connectivity index (χ1v) is 8.60. The molecule has 1 saturated heterocycles.